The zero-order chi connectivity index (χ0) is 24.2. The van der Waals surface area contributed by atoms with Crippen molar-refractivity contribution in [3.63, 3.8) is 0 Å². The van der Waals surface area contributed by atoms with E-state index < -0.39 is 6.29 Å². The first-order valence-corrected chi connectivity index (χ1v) is 12.3. The number of nitrogens with one attached hydrogen (secondary N) is 1. The molecule has 0 amide bonds. The number of nitriles is 1. The number of nitrogens with zero attached hydrogens (tertiary/aromatic N) is 3. The summed E-state index contributed by atoms with van der Waals surface area (Å²) in [5, 5.41) is 10.3. The topological polar surface area (TPSA) is 81.6 Å². The number of benzene rings is 2. The van der Waals surface area contributed by atoms with E-state index in [0.29, 0.717) is 23.5 Å². The van der Waals surface area contributed by atoms with Crippen molar-refractivity contribution in [1.29, 1.82) is 5.26 Å². The third kappa shape index (κ3) is 4.82. The molecular weight excluding hydrogens is 440 g/mol. The molecule has 2 aromatic carbocycles. The molecule has 0 aliphatic carbocycles. The van der Waals surface area contributed by atoms with Crippen LogP contribution in [0.15, 0.2) is 42.6 Å². The van der Waals surface area contributed by atoms with Crippen LogP contribution in [0.5, 0.6) is 5.75 Å². The molecule has 1 unspecified atom stereocenters. The van der Waals surface area contributed by atoms with Crippen LogP contribution < -0.4 is 9.64 Å². The lowest BCUT2D eigenvalue weighted by molar-refractivity contribution is -0.0241. The predicted octanol–water partition coefficient (Wildman–Crippen LogP) is 4.15. The van der Waals surface area contributed by atoms with Gasteiger partial charge in [0.15, 0.2) is 0 Å². The Hall–Kier alpha value is -3.56. The first-order valence-electron chi connectivity index (χ1n) is 12.3. The van der Waals surface area contributed by atoms with E-state index in [1.165, 1.54) is 5.56 Å². The average molecular weight is 471 g/mol. The lowest BCUT2D eigenvalue weighted by Gasteiger charge is -2.36. The Balaban J connectivity index is 1.11. The number of piperazine rings is 1. The second-order valence-electron chi connectivity index (χ2n) is 9.07. The number of anilines is 1. The number of hydrogen-bond donors (Lipinski definition) is 1. The third-order valence-corrected chi connectivity index (χ3v) is 6.96. The number of aromatic amines is 1. The largest absolute Gasteiger partial charge is 0.459 e. The van der Waals surface area contributed by atoms with Crippen molar-refractivity contribution in [3.05, 3.63) is 59.3 Å². The summed E-state index contributed by atoms with van der Waals surface area (Å²) in [6, 6.07) is 14.1. The molecule has 0 saturated carbocycles. The van der Waals surface area contributed by atoms with Gasteiger partial charge in [-0.2, -0.15) is 5.26 Å². The van der Waals surface area contributed by atoms with Gasteiger partial charge in [-0.1, -0.05) is 0 Å². The molecule has 5 rings (SSSR count). The van der Waals surface area contributed by atoms with Gasteiger partial charge in [0, 0.05) is 61.1 Å². The van der Waals surface area contributed by atoms with E-state index in [9.17, 15) is 10.1 Å². The van der Waals surface area contributed by atoms with E-state index in [1.807, 2.05) is 43.2 Å². The second-order valence-corrected chi connectivity index (χ2v) is 9.07. The number of rotatable bonds is 8. The van der Waals surface area contributed by atoms with E-state index in [0.717, 1.165) is 74.1 Å². The molecule has 1 N–H and O–H groups in total. The molecule has 180 valence electrons. The molecule has 0 radical (unpaired) electrons. The van der Waals surface area contributed by atoms with E-state index >= 15 is 0 Å². The fraction of sp³-hybridized carbons (Fsp3) is 0.393. The number of H-pyrrole nitrogens is 1. The minimum atomic E-state index is -0.655. The maximum absolute atomic E-state index is 11.5. The Morgan fingerprint density at radius 3 is 2.77 bits per heavy atom. The molecule has 35 heavy (non-hydrogen) atoms. The normalized spacial score (nSPS) is 17.8. The number of fused-ring (bicyclic) bond motifs is 2. The van der Waals surface area contributed by atoms with Crippen LogP contribution in [0.2, 0.25) is 0 Å². The zero-order valence-electron chi connectivity index (χ0n) is 20.0. The molecule has 1 aromatic heterocycles. The van der Waals surface area contributed by atoms with E-state index in [2.05, 4.69) is 33.1 Å². The van der Waals surface area contributed by atoms with Gasteiger partial charge in [-0.05, 0) is 74.7 Å². The first-order chi connectivity index (χ1) is 17.2. The Labute approximate surface area is 205 Å². The van der Waals surface area contributed by atoms with Crippen molar-refractivity contribution in [2.24, 2.45) is 0 Å². The minimum Gasteiger partial charge on any atom is -0.459 e. The SMILES string of the molecule is CCOC1Oc2ccc(N3CCN(CCCCc4c[nH]c5ccc(C#N)cc45)CC3)cc2C1=C=O. The number of ether oxygens (including phenoxy) is 2. The summed E-state index contributed by atoms with van der Waals surface area (Å²) in [5.41, 5.74) is 5.43. The Morgan fingerprint density at radius 2 is 2.00 bits per heavy atom. The monoisotopic (exact) mass is 470 g/mol. The molecule has 7 heteroatoms. The highest BCUT2D eigenvalue weighted by atomic mass is 16.7. The van der Waals surface area contributed by atoms with Gasteiger partial charge in [0.25, 0.3) is 0 Å². The second kappa shape index (κ2) is 10.4. The van der Waals surface area contributed by atoms with Crippen molar-refractivity contribution in [3.8, 4) is 11.8 Å². The van der Waals surface area contributed by atoms with Crippen LogP contribution >= 0.6 is 0 Å². The summed E-state index contributed by atoms with van der Waals surface area (Å²) in [5.74, 6) is 2.70. The van der Waals surface area contributed by atoms with Crippen molar-refractivity contribution < 1.29 is 14.3 Å². The molecule has 2 aliphatic heterocycles. The van der Waals surface area contributed by atoms with Gasteiger partial charge in [-0.15, -0.1) is 0 Å². The van der Waals surface area contributed by atoms with Crippen LogP contribution in [0, 0.1) is 11.3 Å². The van der Waals surface area contributed by atoms with E-state index in [-0.39, 0.29) is 0 Å². The van der Waals surface area contributed by atoms with Crippen LogP contribution in [-0.2, 0) is 16.0 Å². The standard InChI is InChI=1S/C28H30N4O3/c1-2-34-28-25(19-33)24-16-22(7-9-27(24)35-28)32-13-11-31(12-14-32)10-4-3-5-21-18-30-26-8-6-20(17-29)15-23(21)26/h6-9,15-16,18,28,30H,2-5,10-14H2,1H3. The first kappa shape index (κ1) is 23.2. The summed E-state index contributed by atoms with van der Waals surface area (Å²) in [6.45, 7) is 7.39. The summed E-state index contributed by atoms with van der Waals surface area (Å²) < 4.78 is 11.3. The van der Waals surface area contributed by atoms with Crippen LogP contribution in [0.25, 0.3) is 16.5 Å². The molecule has 1 fully saturated rings. The number of hydrogen-bond acceptors (Lipinski definition) is 6. The van der Waals surface area contributed by atoms with Gasteiger partial charge in [0.05, 0.1) is 11.6 Å². The molecule has 1 atom stereocenters. The molecular formula is C28H30N4O3. The van der Waals surface area contributed by atoms with E-state index in [4.69, 9.17) is 9.47 Å². The van der Waals surface area contributed by atoms with Crippen molar-refractivity contribution in [1.82, 2.24) is 9.88 Å². The van der Waals surface area contributed by atoms with Crippen LogP contribution in [-0.4, -0.2) is 61.4 Å². The van der Waals surface area contributed by atoms with Gasteiger partial charge in [0.2, 0.25) is 6.29 Å². The number of carbonyl (C=O) groups excluding carboxylic acids is 1. The predicted molar refractivity (Wildman–Crippen MR) is 136 cm³/mol. The maximum atomic E-state index is 11.5. The summed E-state index contributed by atoms with van der Waals surface area (Å²) in [7, 11) is 0. The highest BCUT2D eigenvalue weighted by Crippen LogP contribution is 2.39. The molecule has 1 saturated heterocycles. The van der Waals surface area contributed by atoms with Crippen molar-refractivity contribution >= 4 is 28.1 Å². The highest BCUT2D eigenvalue weighted by Gasteiger charge is 2.31. The van der Waals surface area contributed by atoms with Gasteiger partial charge in [0.1, 0.15) is 17.3 Å². The number of aromatic nitrogens is 1. The lowest BCUT2D eigenvalue weighted by atomic mass is 10.0. The fourth-order valence-electron chi connectivity index (χ4n) is 5.04. The van der Waals surface area contributed by atoms with Crippen molar-refractivity contribution in [2.75, 3.05) is 44.2 Å². The van der Waals surface area contributed by atoms with Gasteiger partial charge in [-0.3, -0.25) is 4.90 Å². The summed E-state index contributed by atoms with van der Waals surface area (Å²) >= 11 is 0. The molecule has 2 aliphatic rings. The van der Waals surface area contributed by atoms with Crippen LogP contribution in [0.1, 0.15) is 36.5 Å². The molecule has 7 nitrogen and oxygen atoms in total. The average Bonchev–Trinajstić information content (AvgIpc) is 3.46. The molecule has 3 heterocycles. The van der Waals surface area contributed by atoms with Crippen LogP contribution in [0.3, 0.4) is 0 Å². The fourth-order valence-corrected chi connectivity index (χ4v) is 5.04. The number of unbranched alkanes of at least 4 members (excludes halogenated alkanes) is 1. The third-order valence-electron chi connectivity index (χ3n) is 6.96. The lowest BCUT2D eigenvalue weighted by Crippen LogP contribution is -2.46. The van der Waals surface area contributed by atoms with E-state index in [1.54, 1.807) is 0 Å². The highest BCUT2D eigenvalue weighted by molar-refractivity contribution is 5.94. The van der Waals surface area contributed by atoms with Gasteiger partial charge >= 0.3 is 0 Å². The quantitative estimate of drug-likeness (QED) is 0.393. The summed E-state index contributed by atoms with van der Waals surface area (Å²) in [4.78, 5) is 19.7. The molecule has 0 bridgehead atoms. The molecule has 3 aromatic rings. The Bertz CT molecular complexity index is 1290. The zero-order valence-corrected chi connectivity index (χ0v) is 20.0. The summed E-state index contributed by atoms with van der Waals surface area (Å²) in [6.07, 6.45) is 4.70. The minimum absolute atomic E-state index is 0.446. The smallest absolute Gasteiger partial charge is 0.237 e. The number of aryl methyl sites for hydroxylation is 1. The van der Waals surface area contributed by atoms with Crippen LogP contribution in [0.4, 0.5) is 5.69 Å². The Kier molecular flexibility index (Phi) is 6.87. The molecule has 0 spiro atoms. The Morgan fingerprint density at radius 1 is 1.14 bits per heavy atom. The van der Waals surface area contributed by atoms with Gasteiger partial charge < -0.3 is 19.4 Å². The van der Waals surface area contributed by atoms with Crippen molar-refractivity contribution in [2.45, 2.75) is 32.5 Å². The maximum Gasteiger partial charge on any atom is 0.237 e. The van der Waals surface area contributed by atoms with Gasteiger partial charge in [-0.25, -0.2) is 4.79 Å².